The topological polar surface area (TPSA) is 26.0 Å². The second-order valence-corrected chi connectivity index (χ2v) is 6.37. The van der Waals surface area contributed by atoms with Crippen LogP contribution in [0.3, 0.4) is 0 Å². The number of nitrogen functional groups attached to an aromatic ring is 1. The van der Waals surface area contributed by atoms with Crippen LogP contribution in [0, 0.1) is 35.1 Å². The monoisotopic (exact) mass is 383 g/mol. The molecule has 1 nitrogen and oxygen atoms in total. The molecule has 3 aromatic carbocycles. The molecule has 2 N–H and O–H groups in total. The Balaban J connectivity index is 1.87. The Morgan fingerprint density at radius 1 is 0.750 bits per heavy atom. The summed E-state index contributed by atoms with van der Waals surface area (Å²) < 4.78 is 55.4. The van der Waals surface area contributed by atoms with Gasteiger partial charge in [0.15, 0.2) is 0 Å². The standard InChI is InChI=1S/C23H17F4N/c1-2-3-15-10-19(24)18(20(25)11-15)9-6-14-4-7-16(8-5-14)17-12-21(26)23(28)22(27)13-17/h4-5,7-8,10-13H,2-3,28H2,1H3. The first-order valence-corrected chi connectivity index (χ1v) is 8.74. The van der Waals surface area contributed by atoms with Crippen LogP contribution in [0.5, 0.6) is 0 Å². The Bertz CT molecular complexity index is 1030. The minimum absolute atomic E-state index is 0.286. The molecule has 0 saturated heterocycles. The molecule has 0 amide bonds. The van der Waals surface area contributed by atoms with Gasteiger partial charge in [-0.1, -0.05) is 37.3 Å². The average molecular weight is 383 g/mol. The molecule has 0 aliphatic rings. The van der Waals surface area contributed by atoms with E-state index in [2.05, 4.69) is 11.8 Å². The Labute approximate surface area is 160 Å². The van der Waals surface area contributed by atoms with Gasteiger partial charge in [-0.3, -0.25) is 0 Å². The largest absolute Gasteiger partial charge is 0.394 e. The lowest BCUT2D eigenvalue weighted by Crippen LogP contribution is -1.96. The van der Waals surface area contributed by atoms with Gasteiger partial charge in [0, 0.05) is 5.56 Å². The van der Waals surface area contributed by atoms with Gasteiger partial charge in [-0.2, -0.15) is 0 Å². The number of rotatable bonds is 3. The number of halogens is 4. The SMILES string of the molecule is CCCc1cc(F)c(C#Cc2ccc(-c3cc(F)c(N)c(F)c3)cc2)c(F)c1. The number of nitrogens with two attached hydrogens (primary N) is 1. The zero-order valence-corrected chi connectivity index (χ0v) is 15.1. The van der Waals surface area contributed by atoms with Crippen molar-refractivity contribution < 1.29 is 17.6 Å². The highest BCUT2D eigenvalue weighted by atomic mass is 19.1. The molecule has 0 unspecified atom stereocenters. The van der Waals surface area contributed by atoms with Crippen LogP contribution < -0.4 is 5.73 Å². The van der Waals surface area contributed by atoms with Crippen LogP contribution in [-0.4, -0.2) is 0 Å². The van der Waals surface area contributed by atoms with Crippen molar-refractivity contribution in [2.45, 2.75) is 19.8 Å². The van der Waals surface area contributed by atoms with E-state index in [0.29, 0.717) is 28.7 Å². The van der Waals surface area contributed by atoms with E-state index in [0.717, 1.165) is 18.6 Å². The quantitative estimate of drug-likeness (QED) is 0.343. The van der Waals surface area contributed by atoms with Crippen LogP contribution in [0.4, 0.5) is 23.2 Å². The summed E-state index contributed by atoms with van der Waals surface area (Å²) in [5.74, 6) is 2.16. The van der Waals surface area contributed by atoms with Gasteiger partial charge >= 0.3 is 0 Å². The number of hydrogen-bond donors (Lipinski definition) is 1. The summed E-state index contributed by atoms with van der Waals surface area (Å²) in [5, 5.41) is 0. The van der Waals surface area contributed by atoms with Crippen molar-refractivity contribution in [3.8, 4) is 23.0 Å². The molecular weight excluding hydrogens is 366 g/mol. The van der Waals surface area contributed by atoms with Crippen molar-refractivity contribution in [2.75, 3.05) is 5.73 Å². The first kappa shape index (κ1) is 19.5. The molecule has 3 aromatic rings. The van der Waals surface area contributed by atoms with Crippen molar-refractivity contribution in [3.63, 3.8) is 0 Å². The fraction of sp³-hybridized carbons (Fsp3) is 0.130. The maximum Gasteiger partial charge on any atom is 0.149 e. The van der Waals surface area contributed by atoms with E-state index in [-0.39, 0.29) is 5.56 Å². The molecule has 0 heterocycles. The molecule has 0 radical (unpaired) electrons. The Morgan fingerprint density at radius 2 is 1.32 bits per heavy atom. The Morgan fingerprint density at radius 3 is 1.86 bits per heavy atom. The fourth-order valence-corrected chi connectivity index (χ4v) is 2.81. The number of benzene rings is 3. The molecule has 0 spiro atoms. The molecule has 0 bridgehead atoms. The van der Waals surface area contributed by atoms with Crippen LogP contribution in [0.15, 0.2) is 48.5 Å². The molecule has 28 heavy (non-hydrogen) atoms. The van der Waals surface area contributed by atoms with Crippen LogP contribution >= 0.6 is 0 Å². The normalized spacial score (nSPS) is 10.5. The highest BCUT2D eigenvalue weighted by Crippen LogP contribution is 2.26. The van der Waals surface area contributed by atoms with E-state index in [1.807, 2.05) is 6.92 Å². The van der Waals surface area contributed by atoms with Crippen LogP contribution in [0.1, 0.15) is 30.0 Å². The summed E-state index contributed by atoms with van der Waals surface area (Å²) in [5.41, 5.74) is 6.45. The van der Waals surface area contributed by atoms with Gasteiger partial charge in [-0.15, -0.1) is 0 Å². The molecule has 0 fully saturated rings. The molecule has 3 rings (SSSR count). The molecule has 0 aromatic heterocycles. The van der Waals surface area contributed by atoms with Crippen molar-refractivity contribution in [2.24, 2.45) is 0 Å². The summed E-state index contributed by atoms with van der Waals surface area (Å²) in [6.07, 6.45) is 1.38. The number of anilines is 1. The third-order valence-electron chi connectivity index (χ3n) is 4.27. The lowest BCUT2D eigenvalue weighted by atomic mass is 10.0. The average Bonchev–Trinajstić information content (AvgIpc) is 2.66. The highest BCUT2D eigenvalue weighted by molar-refractivity contribution is 5.67. The fourth-order valence-electron chi connectivity index (χ4n) is 2.81. The van der Waals surface area contributed by atoms with Gasteiger partial charge < -0.3 is 5.73 Å². The summed E-state index contributed by atoms with van der Waals surface area (Å²) >= 11 is 0. The predicted octanol–water partition coefficient (Wildman–Crippen LogP) is 5.84. The summed E-state index contributed by atoms with van der Waals surface area (Å²) in [4.78, 5) is 0. The van der Waals surface area contributed by atoms with E-state index in [1.54, 1.807) is 24.3 Å². The van der Waals surface area contributed by atoms with Crippen LogP contribution in [0.25, 0.3) is 11.1 Å². The summed E-state index contributed by atoms with van der Waals surface area (Å²) in [6.45, 7) is 1.93. The van der Waals surface area contributed by atoms with E-state index >= 15 is 0 Å². The van der Waals surface area contributed by atoms with Gasteiger partial charge in [-0.05, 0) is 59.5 Å². The minimum Gasteiger partial charge on any atom is -0.394 e. The molecule has 0 saturated carbocycles. The van der Waals surface area contributed by atoms with Crippen molar-refractivity contribution in [3.05, 3.63) is 88.5 Å². The van der Waals surface area contributed by atoms with Crippen LogP contribution in [0.2, 0.25) is 0 Å². The maximum absolute atomic E-state index is 14.1. The first-order chi connectivity index (χ1) is 13.4. The molecule has 5 heteroatoms. The lowest BCUT2D eigenvalue weighted by Gasteiger charge is -2.05. The molecule has 0 aliphatic carbocycles. The molecule has 0 aliphatic heterocycles. The van der Waals surface area contributed by atoms with Gasteiger partial charge in [-0.25, -0.2) is 17.6 Å². The van der Waals surface area contributed by atoms with Crippen molar-refractivity contribution in [1.82, 2.24) is 0 Å². The summed E-state index contributed by atoms with van der Waals surface area (Å²) in [7, 11) is 0. The molecule has 0 atom stereocenters. The van der Waals surface area contributed by atoms with E-state index in [9.17, 15) is 17.6 Å². The van der Waals surface area contributed by atoms with E-state index < -0.39 is 29.0 Å². The maximum atomic E-state index is 14.1. The molecule has 142 valence electrons. The highest BCUT2D eigenvalue weighted by Gasteiger charge is 2.10. The first-order valence-electron chi connectivity index (χ1n) is 8.74. The smallest absolute Gasteiger partial charge is 0.149 e. The zero-order chi connectivity index (χ0) is 20.3. The molecular formula is C23H17F4N. The van der Waals surface area contributed by atoms with Gasteiger partial charge in [0.25, 0.3) is 0 Å². The second kappa shape index (κ2) is 8.18. The van der Waals surface area contributed by atoms with Crippen LogP contribution in [-0.2, 0) is 6.42 Å². The Hall–Kier alpha value is -3.26. The Kier molecular flexibility index (Phi) is 5.70. The van der Waals surface area contributed by atoms with Crippen molar-refractivity contribution in [1.29, 1.82) is 0 Å². The second-order valence-electron chi connectivity index (χ2n) is 6.37. The number of hydrogen-bond acceptors (Lipinski definition) is 1. The van der Waals surface area contributed by atoms with Gasteiger partial charge in [0.05, 0.1) is 5.56 Å². The third kappa shape index (κ3) is 4.17. The number of aryl methyl sites for hydroxylation is 1. The predicted molar refractivity (Wildman–Crippen MR) is 103 cm³/mol. The minimum atomic E-state index is -0.837. The third-order valence-corrected chi connectivity index (χ3v) is 4.27. The summed E-state index contributed by atoms with van der Waals surface area (Å²) in [6, 6.07) is 11.3. The van der Waals surface area contributed by atoms with Gasteiger partial charge in [0.2, 0.25) is 0 Å². The zero-order valence-electron chi connectivity index (χ0n) is 15.1. The van der Waals surface area contributed by atoms with E-state index in [4.69, 9.17) is 5.73 Å². The van der Waals surface area contributed by atoms with E-state index in [1.165, 1.54) is 12.1 Å². The lowest BCUT2D eigenvalue weighted by molar-refractivity contribution is 0.573. The van der Waals surface area contributed by atoms with Gasteiger partial charge in [0.1, 0.15) is 29.0 Å². The van der Waals surface area contributed by atoms with Crippen molar-refractivity contribution >= 4 is 5.69 Å².